The molecule has 2 rings (SSSR count). The average Bonchev–Trinajstić information content (AvgIpc) is 2.45. The lowest BCUT2D eigenvalue weighted by molar-refractivity contribution is -0.697. The van der Waals surface area contributed by atoms with Crippen LogP contribution in [0.15, 0.2) is 30.6 Å². The number of hydrogen-bond acceptors (Lipinski definition) is 1. The molecule has 1 aromatic heterocycles. The summed E-state index contributed by atoms with van der Waals surface area (Å²) in [5.41, 5.74) is 0. The van der Waals surface area contributed by atoms with E-state index in [0.717, 1.165) is 25.9 Å². The molecular formula is C16H25N2O+. The molecule has 1 aliphatic rings. The summed E-state index contributed by atoms with van der Waals surface area (Å²) in [6, 6.07) is 6.56. The van der Waals surface area contributed by atoms with Crippen LogP contribution in [0.3, 0.4) is 0 Å². The quantitative estimate of drug-likeness (QED) is 0.590. The summed E-state index contributed by atoms with van der Waals surface area (Å²) in [6.45, 7) is 4.15. The van der Waals surface area contributed by atoms with Gasteiger partial charge >= 0.3 is 0 Å². The molecule has 3 heteroatoms. The molecule has 0 saturated carbocycles. The van der Waals surface area contributed by atoms with Crippen LogP contribution < -0.4 is 4.57 Å². The number of unbranched alkanes of at least 4 members (excludes halogenated alkanes) is 1. The van der Waals surface area contributed by atoms with Crippen molar-refractivity contribution in [3.8, 4) is 0 Å². The molecule has 1 unspecified atom stereocenters. The maximum absolute atomic E-state index is 12.1. The summed E-state index contributed by atoms with van der Waals surface area (Å²) < 4.78 is 2.17. The van der Waals surface area contributed by atoms with Crippen molar-refractivity contribution in [2.45, 2.75) is 58.0 Å². The second-order valence-electron chi connectivity index (χ2n) is 5.50. The van der Waals surface area contributed by atoms with Gasteiger partial charge < -0.3 is 4.90 Å². The second-order valence-corrected chi connectivity index (χ2v) is 5.50. The molecule has 19 heavy (non-hydrogen) atoms. The predicted octanol–water partition coefficient (Wildman–Crippen LogP) is 2.55. The number of aryl methyl sites for hydroxylation is 1. The Labute approximate surface area is 116 Å². The Morgan fingerprint density at radius 3 is 2.74 bits per heavy atom. The van der Waals surface area contributed by atoms with Crippen molar-refractivity contribution in [1.82, 2.24) is 4.90 Å². The highest BCUT2D eigenvalue weighted by molar-refractivity contribution is 5.76. The second kappa shape index (κ2) is 7.27. The first kappa shape index (κ1) is 14.0. The van der Waals surface area contributed by atoms with Crippen molar-refractivity contribution >= 4 is 5.91 Å². The number of amides is 1. The minimum atomic E-state index is 0.352. The average molecular weight is 261 g/mol. The van der Waals surface area contributed by atoms with Crippen molar-refractivity contribution in [3.05, 3.63) is 30.6 Å². The van der Waals surface area contributed by atoms with E-state index < -0.39 is 0 Å². The van der Waals surface area contributed by atoms with Crippen molar-refractivity contribution < 1.29 is 9.36 Å². The molecule has 1 aromatic rings. The van der Waals surface area contributed by atoms with E-state index >= 15 is 0 Å². The van der Waals surface area contributed by atoms with Crippen LogP contribution >= 0.6 is 0 Å². The van der Waals surface area contributed by atoms with Crippen LogP contribution in [-0.2, 0) is 11.3 Å². The van der Waals surface area contributed by atoms with Crippen molar-refractivity contribution in [3.63, 3.8) is 0 Å². The van der Waals surface area contributed by atoms with Gasteiger partial charge in [-0.25, -0.2) is 4.57 Å². The van der Waals surface area contributed by atoms with Gasteiger partial charge in [-0.15, -0.1) is 0 Å². The zero-order chi connectivity index (χ0) is 13.5. The third-order valence-electron chi connectivity index (χ3n) is 3.96. The molecule has 0 aliphatic carbocycles. The number of carbonyl (C=O) groups excluding carboxylic acids is 1. The molecule has 0 aromatic carbocycles. The summed E-state index contributed by atoms with van der Waals surface area (Å²) in [5.74, 6) is 0.352. The van der Waals surface area contributed by atoms with Crippen LogP contribution in [0.1, 0.15) is 45.4 Å². The standard InChI is InChI=1S/C16H25N2O/c1-15-9-3-8-14-18(15)16(19)10-4-7-13-17-11-5-2-6-12-17/h2,5-6,11-12,15H,3-4,7-10,13-14H2,1H3/q+1. The van der Waals surface area contributed by atoms with Crippen molar-refractivity contribution in [2.75, 3.05) is 6.54 Å². The fourth-order valence-corrected chi connectivity index (χ4v) is 2.77. The summed E-state index contributed by atoms with van der Waals surface area (Å²) >= 11 is 0. The predicted molar refractivity (Wildman–Crippen MR) is 75.5 cm³/mol. The number of piperidine rings is 1. The van der Waals surface area contributed by atoms with Crippen LogP contribution in [-0.4, -0.2) is 23.4 Å². The number of likely N-dealkylation sites (tertiary alicyclic amines) is 1. The molecule has 0 bridgehead atoms. The number of aromatic nitrogens is 1. The van der Waals surface area contributed by atoms with E-state index in [2.05, 4.69) is 28.8 Å². The van der Waals surface area contributed by atoms with E-state index in [1.54, 1.807) is 0 Å². The largest absolute Gasteiger partial charge is 0.340 e. The molecule has 1 saturated heterocycles. The number of nitrogens with zero attached hydrogens (tertiary/aromatic N) is 2. The van der Waals surface area contributed by atoms with Gasteiger partial charge in [0.05, 0.1) is 0 Å². The van der Waals surface area contributed by atoms with Gasteiger partial charge in [0.25, 0.3) is 0 Å². The smallest absolute Gasteiger partial charge is 0.222 e. The van der Waals surface area contributed by atoms with Gasteiger partial charge in [0, 0.05) is 37.6 Å². The Bertz CT molecular complexity index is 391. The molecule has 1 aliphatic heterocycles. The number of hydrogen-bond donors (Lipinski definition) is 0. The minimum absolute atomic E-state index is 0.352. The first-order chi connectivity index (χ1) is 9.27. The SMILES string of the molecule is CC1CCCCN1C(=O)CCCC[n+]1ccccc1. The summed E-state index contributed by atoms with van der Waals surface area (Å²) in [7, 11) is 0. The van der Waals surface area contributed by atoms with Crippen LogP contribution in [0.2, 0.25) is 0 Å². The van der Waals surface area contributed by atoms with Gasteiger partial charge in [-0.05, 0) is 32.6 Å². The molecular weight excluding hydrogens is 236 g/mol. The Hall–Kier alpha value is -1.38. The molecule has 3 nitrogen and oxygen atoms in total. The van der Waals surface area contributed by atoms with Gasteiger partial charge in [-0.3, -0.25) is 4.79 Å². The van der Waals surface area contributed by atoms with Crippen LogP contribution in [0.25, 0.3) is 0 Å². The summed E-state index contributed by atoms with van der Waals surface area (Å²) in [6.07, 6.45) is 10.5. The Morgan fingerprint density at radius 2 is 2.00 bits per heavy atom. The van der Waals surface area contributed by atoms with Crippen LogP contribution in [0.5, 0.6) is 0 Å². The Kier molecular flexibility index (Phi) is 5.37. The van der Waals surface area contributed by atoms with Crippen LogP contribution in [0, 0.1) is 0 Å². The van der Waals surface area contributed by atoms with E-state index in [1.807, 2.05) is 18.2 Å². The molecule has 0 spiro atoms. The topological polar surface area (TPSA) is 24.2 Å². The third-order valence-corrected chi connectivity index (χ3v) is 3.96. The summed E-state index contributed by atoms with van der Waals surface area (Å²) in [5, 5.41) is 0. The molecule has 1 atom stereocenters. The molecule has 2 heterocycles. The van der Waals surface area contributed by atoms with E-state index in [-0.39, 0.29) is 0 Å². The highest BCUT2D eigenvalue weighted by Gasteiger charge is 2.22. The molecule has 1 amide bonds. The number of carbonyl (C=O) groups is 1. The maximum atomic E-state index is 12.1. The zero-order valence-electron chi connectivity index (χ0n) is 11.9. The van der Waals surface area contributed by atoms with E-state index in [9.17, 15) is 4.79 Å². The van der Waals surface area contributed by atoms with Gasteiger partial charge in [0.2, 0.25) is 5.91 Å². The first-order valence-electron chi connectivity index (χ1n) is 7.51. The van der Waals surface area contributed by atoms with Crippen LogP contribution in [0.4, 0.5) is 0 Å². The maximum Gasteiger partial charge on any atom is 0.222 e. The summed E-state index contributed by atoms with van der Waals surface area (Å²) in [4.78, 5) is 14.2. The molecule has 1 fully saturated rings. The fraction of sp³-hybridized carbons (Fsp3) is 0.625. The number of rotatable bonds is 5. The van der Waals surface area contributed by atoms with Gasteiger partial charge in [-0.2, -0.15) is 0 Å². The monoisotopic (exact) mass is 261 g/mol. The Morgan fingerprint density at radius 1 is 1.21 bits per heavy atom. The van der Waals surface area contributed by atoms with Crippen molar-refractivity contribution in [1.29, 1.82) is 0 Å². The van der Waals surface area contributed by atoms with Crippen molar-refractivity contribution in [2.24, 2.45) is 0 Å². The molecule has 0 N–H and O–H groups in total. The number of pyridine rings is 1. The first-order valence-corrected chi connectivity index (χ1v) is 7.51. The van der Waals surface area contributed by atoms with Gasteiger partial charge in [-0.1, -0.05) is 6.07 Å². The highest BCUT2D eigenvalue weighted by Crippen LogP contribution is 2.17. The molecule has 0 radical (unpaired) electrons. The lowest BCUT2D eigenvalue weighted by atomic mass is 10.0. The van der Waals surface area contributed by atoms with E-state index in [0.29, 0.717) is 18.4 Å². The normalized spacial score (nSPS) is 19.4. The Balaban J connectivity index is 1.66. The fourth-order valence-electron chi connectivity index (χ4n) is 2.77. The lowest BCUT2D eigenvalue weighted by Gasteiger charge is -2.33. The highest BCUT2D eigenvalue weighted by atomic mass is 16.2. The minimum Gasteiger partial charge on any atom is -0.340 e. The third kappa shape index (κ3) is 4.34. The zero-order valence-corrected chi connectivity index (χ0v) is 11.9. The van der Waals surface area contributed by atoms with E-state index in [1.165, 1.54) is 19.3 Å². The lowest BCUT2D eigenvalue weighted by Crippen LogP contribution is -2.42. The molecule has 104 valence electrons. The van der Waals surface area contributed by atoms with Gasteiger partial charge in [0.15, 0.2) is 12.4 Å². The van der Waals surface area contributed by atoms with E-state index in [4.69, 9.17) is 0 Å². The van der Waals surface area contributed by atoms with Gasteiger partial charge in [0.1, 0.15) is 6.54 Å².